The van der Waals surface area contributed by atoms with Crippen molar-refractivity contribution < 1.29 is 9.59 Å². The van der Waals surface area contributed by atoms with Gasteiger partial charge in [0, 0.05) is 6.54 Å². The van der Waals surface area contributed by atoms with Gasteiger partial charge < -0.3 is 10.6 Å². The van der Waals surface area contributed by atoms with Crippen molar-refractivity contribution in [3.05, 3.63) is 0 Å². The van der Waals surface area contributed by atoms with Gasteiger partial charge in [-0.15, -0.1) is 0 Å². The number of carbonyl (C=O) groups is 2. The Morgan fingerprint density at radius 1 is 1.55 bits per heavy atom. The van der Waals surface area contributed by atoms with Gasteiger partial charge in [-0.1, -0.05) is 0 Å². The van der Waals surface area contributed by atoms with Crippen molar-refractivity contribution in [2.24, 2.45) is 5.73 Å². The summed E-state index contributed by atoms with van der Waals surface area (Å²) >= 11 is 5.23. The van der Waals surface area contributed by atoms with Crippen LogP contribution in [0, 0.1) is 0 Å². The summed E-state index contributed by atoms with van der Waals surface area (Å²) in [5, 5.41) is -0.499. The first-order valence-electron chi connectivity index (χ1n) is 3.38. The van der Waals surface area contributed by atoms with E-state index in [0.29, 0.717) is 13.0 Å². The summed E-state index contributed by atoms with van der Waals surface area (Å²) < 4.78 is 0. The lowest BCUT2D eigenvalue weighted by Gasteiger charge is -2.18. The average Bonchev–Trinajstić information content (AvgIpc) is 2.32. The lowest BCUT2D eigenvalue weighted by atomic mass is 10.2. The first-order chi connectivity index (χ1) is 5.13. The zero-order chi connectivity index (χ0) is 8.43. The van der Waals surface area contributed by atoms with Gasteiger partial charge in [0.25, 0.3) is 0 Å². The molecule has 1 heterocycles. The van der Waals surface area contributed by atoms with Gasteiger partial charge in [-0.05, 0) is 24.4 Å². The van der Waals surface area contributed by atoms with Crippen molar-refractivity contribution in [2.45, 2.75) is 18.9 Å². The number of primary amides is 1. The van der Waals surface area contributed by atoms with Crippen molar-refractivity contribution in [2.75, 3.05) is 6.54 Å². The number of hydrogen-bond donors (Lipinski definition) is 1. The maximum atomic E-state index is 10.7. The maximum Gasteiger partial charge on any atom is 0.315 e. The molecule has 2 amide bonds. The van der Waals surface area contributed by atoms with Crippen LogP contribution in [-0.2, 0) is 4.79 Å². The predicted molar refractivity (Wildman–Crippen MR) is 40.2 cm³/mol. The van der Waals surface area contributed by atoms with E-state index < -0.39 is 17.3 Å². The van der Waals surface area contributed by atoms with E-state index in [0.717, 1.165) is 6.42 Å². The monoisotopic (exact) mass is 176 g/mol. The highest BCUT2D eigenvalue weighted by Crippen LogP contribution is 2.18. The molecule has 4 nitrogen and oxygen atoms in total. The molecule has 0 saturated carbocycles. The van der Waals surface area contributed by atoms with E-state index in [2.05, 4.69) is 0 Å². The molecule has 0 aromatic carbocycles. The van der Waals surface area contributed by atoms with Crippen LogP contribution in [0.25, 0.3) is 0 Å². The van der Waals surface area contributed by atoms with E-state index in [1.807, 2.05) is 0 Å². The first kappa shape index (κ1) is 8.33. The molecule has 1 aliphatic rings. The summed E-state index contributed by atoms with van der Waals surface area (Å²) in [6.07, 6.45) is 1.43. The van der Waals surface area contributed by atoms with E-state index in [1.54, 1.807) is 0 Å². The van der Waals surface area contributed by atoms with Crippen LogP contribution in [-0.4, -0.2) is 28.8 Å². The lowest BCUT2D eigenvalue weighted by molar-refractivity contribution is -0.114. The van der Waals surface area contributed by atoms with Crippen LogP contribution in [0.3, 0.4) is 0 Å². The summed E-state index contributed by atoms with van der Waals surface area (Å²) in [6.45, 7) is 0.540. The van der Waals surface area contributed by atoms with Gasteiger partial charge in [0.2, 0.25) is 5.24 Å². The number of halogens is 1. The fourth-order valence-corrected chi connectivity index (χ4v) is 1.49. The van der Waals surface area contributed by atoms with E-state index >= 15 is 0 Å². The Bertz CT molecular complexity index is 175. The largest absolute Gasteiger partial charge is 0.351 e. The van der Waals surface area contributed by atoms with Gasteiger partial charge in [0.15, 0.2) is 0 Å². The van der Waals surface area contributed by atoms with Crippen LogP contribution < -0.4 is 5.73 Å². The van der Waals surface area contributed by atoms with Gasteiger partial charge in [0.1, 0.15) is 6.04 Å². The Balaban J connectivity index is 2.65. The van der Waals surface area contributed by atoms with Crippen LogP contribution in [0.1, 0.15) is 12.8 Å². The van der Waals surface area contributed by atoms with Gasteiger partial charge in [-0.25, -0.2) is 4.79 Å². The molecule has 0 aromatic heterocycles. The topological polar surface area (TPSA) is 63.4 Å². The normalized spacial score (nSPS) is 23.7. The molecule has 1 saturated heterocycles. The smallest absolute Gasteiger partial charge is 0.315 e. The van der Waals surface area contributed by atoms with Crippen LogP contribution >= 0.6 is 11.6 Å². The van der Waals surface area contributed by atoms with E-state index in [9.17, 15) is 9.59 Å². The van der Waals surface area contributed by atoms with E-state index in [1.165, 1.54) is 4.90 Å². The van der Waals surface area contributed by atoms with Crippen LogP contribution in [0.5, 0.6) is 0 Å². The van der Waals surface area contributed by atoms with E-state index in [4.69, 9.17) is 17.3 Å². The molecule has 0 aromatic rings. The Hall–Kier alpha value is -0.770. The number of likely N-dealkylation sites (tertiary alicyclic amines) is 1. The molecular formula is C6H9ClN2O2. The molecule has 0 radical (unpaired) electrons. The highest BCUT2D eigenvalue weighted by atomic mass is 35.5. The number of nitrogens with two attached hydrogens (primary N) is 1. The number of urea groups is 1. The summed E-state index contributed by atoms with van der Waals surface area (Å²) in [7, 11) is 0. The molecule has 0 aliphatic carbocycles. The van der Waals surface area contributed by atoms with Gasteiger partial charge in [-0.2, -0.15) is 0 Å². The van der Waals surface area contributed by atoms with Crippen molar-refractivity contribution in [1.82, 2.24) is 4.90 Å². The third-order valence-corrected chi connectivity index (χ3v) is 2.05. The van der Waals surface area contributed by atoms with Gasteiger partial charge in [-0.3, -0.25) is 4.79 Å². The lowest BCUT2D eigenvalue weighted by Crippen LogP contribution is -2.42. The van der Waals surface area contributed by atoms with Gasteiger partial charge in [0.05, 0.1) is 0 Å². The molecule has 62 valence electrons. The molecule has 1 aliphatic heterocycles. The van der Waals surface area contributed by atoms with Crippen LogP contribution in [0.4, 0.5) is 4.79 Å². The second-order valence-electron chi connectivity index (χ2n) is 2.49. The van der Waals surface area contributed by atoms with Crippen molar-refractivity contribution in [1.29, 1.82) is 0 Å². The molecule has 0 bridgehead atoms. The Morgan fingerprint density at radius 2 is 2.18 bits per heavy atom. The molecule has 1 atom stereocenters. The molecule has 0 spiro atoms. The fraction of sp³-hybridized carbons (Fsp3) is 0.667. The summed E-state index contributed by atoms with van der Waals surface area (Å²) in [5.41, 5.74) is 5.00. The summed E-state index contributed by atoms with van der Waals surface area (Å²) in [5.74, 6) is 0. The zero-order valence-corrected chi connectivity index (χ0v) is 6.67. The molecule has 1 fully saturated rings. The first-order valence-corrected chi connectivity index (χ1v) is 3.76. The predicted octanol–water partition coefficient (Wildman–Crippen LogP) is 0.295. The Kier molecular flexibility index (Phi) is 2.34. The van der Waals surface area contributed by atoms with E-state index in [-0.39, 0.29) is 0 Å². The number of hydrogen-bond acceptors (Lipinski definition) is 2. The second kappa shape index (κ2) is 3.09. The van der Waals surface area contributed by atoms with Crippen molar-refractivity contribution in [3.63, 3.8) is 0 Å². The molecule has 2 N–H and O–H groups in total. The number of nitrogens with zero attached hydrogens (tertiary/aromatic N) is 1. The average molecular weight is 177 g/mol. The van der Waals surface area contributed by atoms with Crippen LogP contribution in [0.15, 0.2) is 0 Å². The quantitative estimate of drug-likeness (QED) is 0.584. The molecule has 5 heteroatoms. The zero-order valence-electron chi connectivity index (χ0n) is 5.92. The number of amides is 2. The summed E-state index contributed by atoms with van der Waals surface area (Å²) in [4.78, 5) is 22.6. The molecule has 1 unspecified atom stereocenters. The third-order valence-electron chi connectivity index (χ3n) is 1.80. The third kappa shape index (κ3) is 1.63. The Morgan fingerprint density at radius 3 is 2.55 bits per heavy atom. The minimum Gasteiger partial charge on any atom is -0.351 e. The molecule has 1 rings (SSSR count). The standard InChI is InChI=1S/C6H9ClN2O2/c7-5(10)4-2-1-3-9(4)6(8)11/h4H,1-3H2,(H2,8,11). The van der Waals surface area contributed by atoms with Crippen LogP contribution in [0.2, 0.25) is 0 Å². The number of rotatable bonds is 1. The highest BCUT2D eigenvalue weighted by Gasteiger charge is 2.31. The van der Waals surface area contributed by atoms with Crippen molar-refractivity contribution >= 4 is 22.9 Å². The fourth-order valence-electron chi connectivity index (χ4n) is 1.27. The number of carbonyl (C=O) groups excluding carboxylic acids is 2. The molecular weight excluding hydrogens is 168 g/mol. The summed E-state index contributed by atoms with van der Waals surface area (Å²) in [6, 6.07) is -1.06. The Labute approximate surface area is 69.3 Å². The maximum absolute atomic E-state index is 10.7. The van der Waals surface area contributed by atoms with Crippen molar-refractivity contribution in [3.8, 4) is 0 Å². The second-order valence-corrected chi connectivity index (χ2v) is 2.87. The molecule has 11 heavy (non-hydrogen) atoms. The minimum atomic E-state index is -0.568. The minimum absolute atomic E-state index is 0.492. The van der Waals surface area contributed by atoms with Gasteiger partial charge >= 0.3 is 6.03 Å². The SMILES string of the molecule is NC(=O)N1CCCC1C(=O)Cl. The highest BCUT2D eigenvalue weighted by molar-refractivity contribution is 6.64.